The van der Waals surface area contributed by atoms with Gasteiger partial charge in [-0.3, -0.25) is 19.4 Å². The van der Waals surface area contributed by atoms with Gasteiger partial charge in [0.1, 0.15) is 11.3 Å². The van der Waals surface area contributed by atoms with Crippen LogP contribution in [0, 0.1) is 0 Å². The third-order valence-corrected chi connectivity index (χ3v) is 3.97. The third kappa shape index (κ3) is 2.78. The zero-order valence-electron chi connectivity index (χ0n) is 12.4. The predicted molar refractivity (Wildman–Crippen MR) is 88.1 cm³/mol. The zero-order valence-corrected chi connectivity index (χ0v) is 13.2. The number of carbonyl (C=O) groups is 2. The lowest BCUT2D eigenvalue weighted by molar-refractivity contribution is -0.132. The van der Waals surface area contributed by atoms with Gasteiger partial charge >= 0.3 is 0 Å². The Hall–Kier alpha value is -2.47. The van der Waals surface area contributed by atoms with Crippen molar-refractivity contribution in [1.82, 2.24) is 9.80 Å². The van der Waals surface area contributed by atoms with E-state index in [-0.39, 0.29) is 16.4 Å². The quantitative estimate of drug-likeness (QED) is 0.399. The lowest BCUT2D eigenvalue weighted by Gasteiger charge is -2.31. The van der Waals surface area contributed by atoms with E-state index in [0.29, 0.717) is 17.5 Å². The lowest BCUT2D eigenvalue weighted by Crippen LogP contribution is -2.52. The first kappa shape index (κ1) is 15.9. The van der Waals surface area contributed by atoms with Crippen molar-refractivity contribution in [3.63, 3.8) is 0 Å². The Balaban J connectivity index is 2.45. The summed E-state index contributed by atoms with van der Waals surface area (Å²) in [5.74, 6) is -0.725. The SMILES string of the molecule is C=CCc1cc(C=C2C(=O)N(C)C(=S)N(C)C2=O)ccc1O. The summed E-state index contributed by atoms with van der Waals surface area (Å²) in [6, 6.07) is 4.89. The van der Waals surface area contributed by atoms with Crippen LogP contribution in [0.25, 0.3) is 6.08 Å². The number of nitrogens with zero attached hydrogens (tertiary/aromatic N) is 2. The molecule has 5 nitrogen and oxygen atoms in total. The summed E-state index contributed by atoms with van der Waals surface area (Å²) < 4.78 is 0. The van der Waals surface area contributed by atoms with Gasteiger partial charge in [0.2, 0.25) is 0 Å². The monoisotopic (exact) mass is 316 g/mol. The van der Waals surface area contributed by atoms with Gasteiger partial charge < -0.3 is 5.11 Å². The number of thiocarbonyl (C=S) groups is 1. The Kier molecular flexibility index (Phi) is 4.42. The summed E-state index contributed by atoms with van der Waals surface area (Å²) in [7, 11) is 3.06. The molecule has 114 valence electrons. The highest BCUT2D eigenvalue weighted by Crippen LogP contribution is 2.23. The zero-order chi connectivity index (χ0) is 16.4. The van der Waals surface area contributed by atoms with E-state index in [0.717, 1.165) is 0 Å². The molecular formula is C16H16N2O3S. The van der Waals surface area contributed by atoms with Crippen molar-refractivity contribution in [2.24, 2.45) is 0 Å². The van der Waals surface area contributed by atoms with Gasteiger partial charge in [-0.25, -0.2) is 0 Å². The number of aromatic hydroxyl groups is 1. The molecule has 22 heavy (non-hydrogen) atoms. The molecular weight excluding hydrogens is 300 g/mol. The molecule has 0 aliphatic carbocycles. The van der Waals surface area contributed by atoms with E-state index in [1.165, 1.54) is 36.0 Å². The van der Waals surface area contributed by atoms with Crippen LogP contribution < -0.4 is 0 Å². The maximum Gasteiger partial charge on any atom is 0.265 e. The van der Waals surface area contributed by atoms with E-state index < -0.39 is 11.8 Å². The van der Waals surface area contributed by atoms with Crippen LogP contribution in [0.5, 0.6) is 5.75 Å². The number of hydrogen-bond donors (Lipinski definition) is 1. The normalized spacial score (nSPS) is 15.4. The van der Waals surface area contributed by atoms with E-state index in [1.807, 2.05) is 0 Å². The second kappa shape index (κ2) is 6.11. The molecule has 1 aliphatic heterocycles. The first-order valence-corrected chi connectivity index (χ1v) is 7.02. The molecule has 1 fully saturated rings. The molecule has 0 spiro atoms. The van der Waals surface area contributed by atoms with Gasteiger partial charge in [0.05, 0.1) is 0 Å². The molecule has 2 amide bonds. The van der Waals surface area contributed by atoms with Gasteiger partial charge in [-0.15, -0.1) is 6.58 Å². The molecule has 1 aromatic carbocycles. The molecule has 0 atom stereocenters. The highest BCUT2D eigenvalue weighted by atomic mass is 32.1. The molecule has 1 aromatic rings. The number of phenols is 1. The molecule has 0 unspecified atom stereocenters. The van der Waals surface area contributed by atoms with Crippen molar-refractivity contribution >= 4 is 35.2 Å². The van der Waals surface area contributed by atoms with Gasteiger partial charge in [-0.1, -0.05) is 12.1 Å². The molecule has 0 radical (unpaired) electrons. The molecule has 1 N–H and O–H groups in total. The Morgan fingerprint density at radius 2 is 1.82 bits per heavy atom. The number of amides is 2. The van der Waals surface area contributed by atoms with E-state index >= 15 is 0 Å². The van der Waals surface area contributed by atoms with E-state index in [9.17, 15) is 14.7 Å². The Morgan fingerprint density at radius 3 is 2.36 bits per heavy atom. The third-order valence-electron chi connectivity index (χ3n) is 3.42. The van der Waals surface area contributed by atoms with Crippen LogP contribution in [0.15, 0.2) is 36.4 Å². The van der Waals surface area contributed by atoms with E-state index in [4.69, 9.17) is 12.2 Å². The largest absolute Gasteiger partial charge is 0.508 e. The predicted octanol–water partition coefficient (Wildman–Crippen LogP) is 1.72. The van der Waals surface area contributed by atoms with Gasteiger partial charge in [0.25, 0.3) is 11.8 Å². The Labute approximate surface area is 134 Å². The van der Waals surface area contributed by atoms with Gasteiger partial charge in [0.15, 0.2) is 5.11 Å². The van der Waals surface area contributed by atoms with Crippen molar-refractivity contribution in [3.05, 3.63) is 47.6 Å². The fraction of sp³-hybridized carbons (Fsp3) is 0.188. The number of carbonyl (C=O) groups excluding carboxylic acids is 2. The number of phenolic OH excluding ortho intramolecular Hbond substituents is 1. The van der Waals surface area contributed by atoms with Gasteiger partial charge in [-0.2, -0.15) is 0 Å². The van der Waals surface area contributed by atoms with Crippen LogP contribution >= 0.6 is 12.2 Å². The van der Waals surface area contributed by atoms with Crippen LogP contribution in [0.1, 0.15) is 11.1 Å². The van der Waals surface area contributed by atoms with Crippen LogP contribution in [0.4, 0.5) is 0 Å². The van der Waals surface area contributed by atoms with Crippen molar-refractivity contribution in [3.8, 4) is 5.75 Å². The van der Waals surface area contributed by atoms with Crippen LogP contribution in [-0.4, -0.2) is 45.9 Å². The fourth-order valence-electron chi connectivity index (χ4n) is 2.16. The summed E-state index contributed by atoms with van der Waals surface area (Å²) in [6.07, 6.45) is 3.67. The highest BCUT2D eigenvalue weighted by molar-refractivity contribution is 7.80. The van der Waals surface area contributed by atoms with E-state index in [2.05, 4.69) is 6.58 Å². The van der Waals surface area contributed by atoms with Crippen LogP contribution in [-0.2, 0) is 16.0 Å². The van der Waals surface area contributed by atoms with Crippen LogP contribution in [0.3, 0.4) is 0 Å². The molecule has 0 saturated carbocycles. The standard InChI is InChI=1S/C16H16N2O3S/c1-4-5-11-8-10(6-7-13(11)19)9-12-14(20)17(2)16(22)18(3)15(12)21/h4,6-9,19H,1,5H2,2-3H3. The lowest BCUT2D eigenvalue weighted by atomic mass is 10.0. The number of rotatable bonds is 3. The Bertz CT molecular complexity index is 683. The number of likely N-dealkylation sites (N-methyl/N-ethyl adjacent to an activating group) is 2. The van der Waals surface area contributed by atoms with Crippen molar-refractivity contribution in [2.75, 3.05) is 14.1 Å². The average Bonchev–Trinajstić information content (AvgIpc) is 2.51. The minimum atomic E-state index is -0.438. The molecule has 0 aromatic heterocycles. The summed E-state index contributed by atoms with van der Waals surface area (Å²) in [5.41, 5.74) is 1.37. The summed E-state index contributed by atoms with van der Waals surface area (Å²) >= 11 is 5.03. The van der Waals surface area contributed by atoms with E-state index in [1.54, 1.807) is 18.2 Å². The maximum atomic E-state index is 12.2. The average molecular weight is 316 g/mol. The molecule has 6 heteroatoms. The second-order valence-electron chi connectivity index (χ2n) is 4.95. The smallest absolute Gasteiger partial charge is 0.265 e. The van der Waals surface area contributed by atoms with Gasteiger partial charge in [-0.05, 0) is 48.0 Å². The Morgan fingerprint density at radius 1 is 1.23 bits per heavy atom. The fourth-order valence-corrected chi connectivity index (χ4v) is 2.32. The minimum absolute atomic E-state index is 0.0360. The summed E-state index contributed by atoms with van der Waals surface area (Å²) in [6.45, 7) is 3.63. The van der Waals surface area contributed by atoms with Crippen molar-refractivity contribution in [1.29, 1.82) is 0 Å². The van der Waals surface area contributed by atoms with Crippen molar-refractivity contribution < 1.29 is 14.7 Å². The first-order valence-electron chi connectivity index (χ1n) is 6.61. The van der Waals surface area contributed by atoms with Crippen LogP contribution in [0.2, 0.25) is 0 Å². The van der Waals surface area contributed by atoms with Gasteiger partial charge in [0, 0.05) is 14.1 Å². The molecule has 1 aliphatic rings. The summed E-state index contributed by atoms with van der Waals surface area (Å²) in [5, 5.41) is 9.93. The molecule has 1 heterocycles. The topological polar surface area (TPSA) is 60.9 Å². The highest BCUT2D eigenvalue weighted by Gasteiger charge is 2.35. The number of hydrogen-bond acceptors (Lipinski definition) is 4. The van der Waals surface area contributed by atoms with Crippen molar-refractivity contribution in [2.45, 2.75) is 6.42 Å². The minimum Gasteiger partial charge on any atom is -0.508 e. The number of allylic oxidation sites excluding steroid dienone is 1. The summed E-state index contributed by atoms with van der Waals surface area (Å²) in [4.78, 5) is 27.0. The second-order valence-corrected chi connectivity index (χ2v) is 5.32. The maximum absolute atomic E-state index is 12.2. The molecule has 0 bridgehead atoms. The molecule has 1 saturated heterocycles. The number of benzene rings is 1. The first-order chi connectivity index (χ1) is 10.4. The molecule has 2 rings (SSSR count).